The second-order valence-electron chi connectivity index (χ2n) is 2.98. The summed E-state index contributed by atoms with van der Waals surface area (Å²) in [7, 11) is 0. The molecule has 0 radical (unpaired) electrons. The van der Waals surface area contributed by atoms with E-state index in [2.05, 4.69) is 16.3 Å². The third kappa shape index (κ3) is 3.26. The van der Waals surface area contributed by atoms with E-state index in [1.54, 1.807) is 0 Å². The van der Waals surface area contributed by atoms with Gasteiger partial charge in [0.2, 0.25) is 11.1 Å². The molecule has 0 aromatic heterocycles. The van der Waals surface area contributed by atoms with Crippen LogP contribution in [0.2, 0.25) is 0 Å². The lowest BCUT2D eigenvalue weighted by Gasteiger charge is -2.33. The average molecular weight is 340 g/mol. The Morgan fingerprint density at radius 2 is 1.25 bits per heavy atom. The fourth-order valence-corrected chi connectivity index (χ4v) is 0.883. The largest absolute Gasteiger partial charge is 0.440 e. The molecule has 0 aromatic rings. The summed E-state index contributed by atoms with van der Waals surface area (Å²) in [5, 5.41) is 4.98. The molecule has 0 amide bonds. The van der Waals surface area contributed by atoms with Gasteiger partial charge in [0.15, 0.2) is 0 Å². The summed E-state index contributed by atoms with van der Waals surface area (Å²) in [6, 6.07) is -0.562. The minimum atomic E-state index is -6.72. The first-order chi connectivity index (χ1) is 8.62. The zero-order valence-electron chi connectivity index (χ0n) is 8.51. The Labute approximate surface area is 108 Å². The van der Waals surface area contributed by atoms with Crippen LogP contribution in [-0.4, -0.2) is 24.1 Å². The maximum Gasteiger partial charge on any atom is 0.440 e. The van der Waals surface area contributed by atoms with Crippen LogP contribution in [0.3, 0.4) is 0 Å². The van der Waals surface area contributed by atoms with Gasteiger partial charge in [-0.25, -0.2) is 0 Å². The molecule has 0 heterocycles. The maximum absolute atomic E-state index is 12.7. The van der Waals surface area contributed by atoms with Gasteiger partial charge < -0.3 is 0 Å². The topological polar surface area (TPSA) is 33.0 Å². The molecule has 0 saturated heterocycles. The molecule has 0 atom stereocenters. The fraction of sp³-hybridized carbons (Fsp3) is 0.571. The minimum Gasteiger partial charge on any atom is -0.275 e. The second-order valence-corrected chi connectivity index (χ2v) is 3.31. The molecule has 0 N–H and O–H groups in total. The monoisotopic (exact) mass is 339 g/mol. The summed E-state index contributed by atoms with van der Waals surface area (Å²) in [5.41, 5.74) is -6.08. The summed E-state index contributed by atoms with van der Waals surface area (Å²) in [4.78, 5) is 0. The lowest BCUT2D eigenvalue weighted by Crippen LogP contribution is -2.60. The number of nitriles is 1. The van der Waals surface area contributed by atoms with Gasteiger partial charge in [0.25, 0.3) is 0 Å². The highest BCUT2D eigenvalue weighted by Crippen LogP contribution is 2.49. The standard InChI is InChI=1S/C7ClF10NO/c8-3(10)2(9)5(11,12)20-4(1-19,6(13,14)15)7(16,17)18. The molecule has 0 bridgehead atoms. The number of hydrogen-bond acceptors (Lipinski definition) is 2. The molecule has 0 spiro atoms. The van der Waals surface area contributed by atoms with Gasteiger partial charge >= 0.3 is 24.1 Å². The van der Waals surface area contributed by atoms with Crippen LogP contribution in [-0.2, 0) is 4.74 Å². The van der Waals surface area contributed by atoms with Crippen LogP contribution in [0.15, 0.2) is 11.1 Å². The molecule has 0 aromatic carbocycles. The normalized spacial score (nSPS) is 15.7. The SMILES string of the molecule is N#CC(OC(F)(F)C(F)=C(F)Cl)(C(F)(F)F)C(F)(F)F. The third-order valence-corrected chi connectivity index (χ3v) is 1.82. The van der Waals surface area contributed by atoms with E-state index in [4.69, 9.17) is 5.26 Å². The predicted octanol–water partition coefficient (Wildman–Crippen LogP) is 4.33. The van der Waals surface area contributed by atoms with Crippen molar-refractivity contribution < 1.29 is 48.6 Å². The van der Waals surface area contributed by atoms with Crippen molar-refractivity contribution in [3.8, 4) is 6.07 Å². The van der Waals surface area contributed by atoms with Crippen LogP contribution in [0.4, 0.5) is 43.9 Å². The zero-order chi connectivity index (χ0) is 16.6. The van der Waals surface area contributed by atoms with E-state index in [1.165, 1.54) is 0 Å². The van der Waals surface area contributed by atoms with Gasteiger partial charge in [-0.3, -0.25) is 4.74 Å². The maximum atomic E-state index is 12.7. The van der Waals surface area contributed by atoms with Crippen LogP contribution in [0.1, 0.15) is 0 Å². The van der Waals surface area contributed by atoms with Crippen molar-refractivity contribution in [3.63, 3.8) is 0 Å². The molecular formula is C7ClF10NO. The van der Waals surface area contributed by atoms with E-state index >= 15 is 0 Å². The van der Waals surface area contributed by atoms with Crippen molar-refractivity contribution in [1.82, 2.24) is 0 Å². The van der Waals surface area contributed by atoms with Gasteiger partial charge in [0, 0.05) is 0 Å². The first-order valence-electron chi connectivity index (χ1n) is 3.96. The lowest BCUT2D eigenvalue weighted by atomic mass is 10.1. The summed E-state index contributed by atoms with van der Waals surface area (Å²) in [6.07, 6.45) is -19.5. The van der Waals surface area contributed by atoms with Crippen LogP contribution in [0, 0.1) is 11.3 Å². The Morgan fingerprint density at radius 1 is 0.900 bits per heavy atom. The zero-order valence-corrected chi connectivity index (χ0v) is 9.27. The van der Waals surface area contributed by atoms with Gasteiger partial charge in [0.05, 0.1) is 0 Å². The van der Waals surface area contributed by atoms with E-state index in [-0.39, 0.29) is 0 Å². The molecule has 116 valence electrons. The molecule has 0 aliphatic rings. The van der Waals surface area contributed by atoms with Crippen LogP contribution >= 0.6 is 11.6 Å². The Bertz CT molecular complexity index is 426. The van der Waals surface area contributed by atoms with Crippen molar-refractivity contribution in [3.05, 3.63) is 11.1 Å². The van der Waals surface area contributed by atoms with Gasteiger partial charge in [-0.1, -0.05) is 0 Å². The molecule has 0 fully saturated rings. The van der Waals surface area contributed by atoms with Gasteiger partial charge in [-0.2, -0.15) is 49.2 Å². The highest BCUT2D eigenvalue weighted by Gasteiger charge is 2.77. The van der Waals surface area contributed by atoms with Crippen molar-refractivity contribution in [1.29, 1.82) is 5.26 Å². The van der Waals surface area contributed by atoms with Crippen molar-refractivity contribution >= 4 is 11.6 Å². The van der Waals surface area contributed by atoms with E-state index in [9.17, 15) is 43.9 Å². The Hall–Kier alpha value is -1.22. The molecular weight excluding hydrogens is 340 g/mol. The summed E-state index contributed by atoms with van der Waals surface area (Å²) < 4.78 is 125. The highest BCUT2D eigenvalue weighted by molar-refractivity contribution is 6.28. The van der Waals surface area contributed by atoms with Crippen molar-refractivity contribution in [2.24, 2.45) is 0 Å². The van der Waals surface area contributed by atoms with Gasteiger partial charge in [0.1, 0.15) is 6.07 Å². The third-order valence-electron chi connectivity index (χ3n) is 1.66. The Morgan fingerprint density at radius 3 is 1.45 bits per heavy atom. The summed E-state index contributed by atoms with van der Waals surface area (Å²) in [5.74, 6) is -3.55. The molecule has 13 heteroatoms. The Kier molecular flexibility index (Phi) is 4.96. The molecule has 0 aliphatic carbocycles. The summed E-state index contributed by atoms with van der Waals surface area (Å²) >= 11 is 4.05. The number of nitrogens with zero attached hydrogens (tertiary/aromatic N) is 1. The fourth-order valence-electron chi connectivity index (χ4n) is 0.773. The first-order valence-corrected chi connectivity index (χ1v) is 4.34. The smallest absolute Gasteiger partial charge is 0.275 e. The minimum absolute atomic E-state index is 0.562. The number of ether oxygens (including phenoxy) is 1. The number of rotatable bonds is 3. The molecule has 2 nitrogen and oxygen atoms in total. The van der Waals surface area contributed by atoms with E-state index in [1.807, 2.05) is 0 Å². The highest BCUT2D eigenvalue weighted by atomic mass is 35.5. The molecule has 0 unspecified atom stereocenters. The summed E-state index contributed by atoms with van der Waals surface area (Å²) in [6.45, 7) is 0. The lowest BCUT2D eigenvalue weighted by molar-refractivity contribution is -0.412. The van der Waals surface area contributed by atoms with E-state index in [0.717, 1.165) is 0 Å². The molecule has 0 aliphatic heterocycles. The van der Waals surface area contributed by atoms with Gasteiger partial charge in [-0.15, -0.1) is 0 Å². The van der Waals surface area contributed by atoms with E-state index < -0.39 is 41.2 Å². The molecule has 0 rings (SSSR count). The quantitative estimate of drug-likeness (QED) is 0.717. The van der Waals surface area contributed by atoms with Crippen LogP contribution in [0.5, 0.6) is 0 Å². The van der Waals surface area contributed by atoms with Gasteiger partial charge in [-0.05, 0) is 11.6 Å². The Balaban J connectivity index is 6.02. The molecule has 0 saturated carbocycles. The van der Waals surface area contributed by atoms with Crippen LogP contribution in [0.25, 0.3) is 0 Å². The predicted molar refractivity (Wildman–Crippen MR) is 41.6 cm³/mol. The van der Waals surface area contributed by atoms with Crippen molar-refractivity contribution in [2.45, 2.75) is 24.1 Å². The number of halogens is 11. The van der Waals surface area contributed by atoms with Crippen LogP contribution < -0.4 is 0 Å². The number of alkyl halides is 8. The second kappa shape index (κ2) is 5.28. The first kappa shape index (κ1) is 18.8. The van der Waals surface area contributed by atoms with E-state index in [0.29, 0.717) is 0 Å². The molecule has 20 heavy (non-hydrogen) atoms. The average Bonchev–Trinajstić information content (AvgIpc) is 2.21. The van der Waals surface area contributed by atoms with Crippen molar-refractivity contribution in [2.75, 3.05) is 0 Å². The number of hydrogen-bond donors (Lipinski definition) is 0.